The molecule has 3 rings (SSSR count). The Kier molecular flexibility index (Phi) is 5.56. The normalized spacial score (nSPS) is 15.1. The number of aromatic nitrogens is 1. The molecule has 1 aliphatic carbocycles. The molecular formula is C18H20ClNO2. The number of aromatic carboxylic acids is 1. The van der Waals surface area contributed by atoms with Crippen molar-refractivity contribution in [2.24, 2.45) is 0 Å². The highest BCUT2D eigenvalue weighted by atomic mass is 35.5. The van der Waals surface area contributed by atoms with Crippen LogP contribution in [0.15, 0.2) is 42.6 Å². The van der Waals surface area contributed by atoms with E-state index in [-0.39, 0.29) is 18.0 Å². The average Bonchev–Trinajstić information content (AvgIpc) is 2.55. The summed E-state index contributed by atoms with van der Waals surface area (Å²) in [6, 6.07) is 11.4. The molecule has 0 radical (unpaired) electrons. The molecule has 1 N–H and O–H groups in total. The highest BCUT2D eigenvalue weighted by Gasteiger charge is 2.21. The maximum absolute atomic E-state index is 11.4. The molecule has 0 atom stereocenters. The van der Waals surface area contributed by atoms with E-state index in [9.17, 15) is 9.90 Å². The van der Waals surface area contributed by atoms with E-state index in [2.05, 4.69) is 11.1 Å². The van der Waals surface area contributed by atoms with Crippen LogP contribution in [0.1, 0.15) is 53.9 Å². The molecule has 1 fully saturated rings. The minimum Gasteiger partial charge on any atom is -0.478 e. The van der Waals surface area contributed by atoms with Crippen LogP contribution in [-0.4, -0.2) is 16.1 Å². The molecule has 22 heavy (non-hydrogen) atoms. The summed E-state index contributed by atoms with van der Waals surface area (Å²) in [6.45, 7) is 0. The van der Waals surface area contributed by atoms with Crippen molar-refractivity contribution in [3.05, 3.63) is 53.7 Å². The van der Waals surface area contributed by atoms with E-state index in [0.717, 1.165) is 5.56 Å². The van der Waals surface area contributed by atoms with Crippen LogP contribution in [0.2, 0.25) is 0 Å². The molecule has 0 spiro atoms. The fourth-order valence-corrected chi connectivity index (χ4v) is 3.27. The molecule has 2 aromatic rings. The van der Waals surface area contributed by atoms with Crippen LogP contribution in [0.4, 0.5) is 0 Å². The maximum atomic E-state index is 11.4. The van der Waals surface area contributed by atoms with Gasteiger partial charge in [0.2, 0.25) is 0 Å². The molecule has 116 valence electrons. The van der Waals surface area contributed by atoms with Crippen LogP contribution in [0.3, 0.4) is 0 Å². The topological polar surface area (TPSA) is 50.2 Å². The second-order valence-electron chi connectivity index (χ2n) is 5.63. The second-order valence-corrected chi connectivity index (χ2v) is 5.63. The third-order valence-corrected chi connectivity index (χ3v) is 4.30. The van der Waals surface area contributed by atoms with Gasteiger partial charge in [-0.05, 0) is 36.5 Å². The SMILES string of the molecule is Cl.O=C(O)c1cccnc1-c1ccccc1C1CCCCC1. The number of nitrogens with zero attached hydrogens (tertiary/aromatic N) is 1. The number of carbonyl (C=O) groups is 1. The molecule has 0 aliphatic heterocycles. The molecular weight excluding hydrogens is 298 g/mol. The first kappa shape index (κ1) is 16.5. The van der Waals surface area contributed by atoms with Gasteiger partial charge < -0.3 is 5.11 Å². The molecule has 1 heterocycles. The number of pyridine rings is 1. The quantitative estimate of drug-likeness (QED) is 0.874. The van der Waals surface area contributed by atoms with Gasteiger partial charge in [0.25, 0.3) is 0 Å². The summed E-state index contributed by atoms with van der Waals surface area (Å²) in [4.78, 5) is 15.8. The molecule has 0 unspecified atom stereocenters. The van der Waals surface area contributed by atoms with Gasteiger partial charge in [-0.2, -0.15) is 0 Å². The van der Waals surface area contributed by atoms with Crippen molar-refractivity contribution < 1.29 is 9.90 Å². The van der Waals surface area contributed by atoms with Crippen LogP contribution in [-0.2, 0) is 0 Å². The Morgan fingerprint density at radius 1 is 1.05 bits per heavy atom. The van der Waals surface area contributed by atoms with Crippen molar-refractivity contribution in [2.75, 3.05) is 0 Å². The zero-order chi connectivity index (χ0) is 14.7. The van der Waals surface area contributed by atoms with Gasteiger partial charge in [-0.1, -0.05) is 43.5 Å². The lowest BCUT2D eigenvalue weighted by Crippen LogP contribution is -2.08. The van der Waals surface area contributed by atoms with Gasteiger partial charge in [-0.25, -0.2) is 4.79 Å². The van der Waals surface area contributed by atoms with Crippen molar-refractivity contribution in [3.8, 4) is 11.3 Å². The van der Waals surface area contributed by atoms with Crippen molar-refractivity contribution in [1.29, 1.82) is 0 Å². The molecule has 3 nitrogen and oxygen atoms in total. The number of halogens is 1. The molecule has 0 amide bonds. The molecule has 4 heteroatoms. The number of carboxylic acid groups (broad SMARTS) is 1. The molecule has 0 saturated heterocycles. The Morgan fingerprint density at radius 2 is 1.77 bits per heavy atom. The van der Waals surface area contributed by atoms with Crippen LogP contribution in [0, 0.1) is 0 Å². The number of rotatable bonds is 3. The van der Waals surface area contributed by atoms with E-state index in [1.807, 2.05) is 18.2 Å². The summed E-state index contributed by atoms with van der Waals surface area (Å²) < 4.78 is 0. The minimum absolute atomic E-state index is 0. The number of hydrogen-bond donors (Lipinski definition) is 1. The van der Waals surface area contributed by atoms with Crippen molar-refractivity contribution in [2.45, 2.75) is 38.0 Å². The standard InChI is InChI=1S/C18H19NO2.ClH/c20-18(21)16-11-6-12-19-17(16)15-10-5-4-9-14(15)13-7-2-1-3-8-13;/h4-6,9-13H,1-3,7-8H2,(H,20,21);1H. The van der Waals surface area contributed by atoms with Gasteiger partial charge in [0.05, 0.1) is 11.3 Å². The van der Waals surface area contributed by atoms with E-state index >= 15 is 0 Å². The summed E-state index contributed by atoms with van der Waals surface area (Å²) in [6.07, 6.45) is 7.86. The Bertz CT molecular complexity index is 651. The lowest BCUT2D eigenvalue weighted by atomic mass is 9.81. The number of benzene rings is 1. The largest absolute Gasteiger partial charge is 0.478 e. The second kappa shape index (κ2) is 7.41. The lowest BCUT2D eigenvalue weighted by Gasteiger charge is -2.24. The van der Waals surface area contributed by atoms with Gasteiger partial charge in [-0.3, -0.25) is 4.98 Å². The highest BCUT2D eigenvalue weighted by Crippen LogP contribution is 2.38. The fraction of sp³-hybridized carbons (Fsp3) is 0.333. The van der Waals surface area contributed by atoms with Crippen molar-refractivity contribution >= 4 is 18.4 Å². The van der Waals surface area contributed by atoms with E-state index in [1.165, 1.54) is 37.7 Å². The Hall–Kier alpha value is -1.87. The van der Waals surface area contributed by atoms with E-state index in [4.69, 9.17) is 0 Å². The monoisotopic (exact) mass is 317 g/mol. The average molecular weight is 318 g/mol. The lowest BCUT2D eigenvalue weighted by molar-refractivity contribution is 0.0697. The van der Waals surface area contributed by atoms with E-state index in [1.54, 1.807) is 18.3 Å². The minimum atomic E-state index is -0.920. The maximum Gasteiger partial charge on any atom is 0.337 e. The molecule has 1 aliphatic rings. The summed E-state index contributed by atoms with van der Waals surface area (Å²) >= 11 is 0. The predicted octanol–water partition coefficient (Wildman–Crippen LogP) is 4.92. The van der Waals surface area contributed by atoms with Crippen LogP contribution in [0.25, 0.3) is 11.3 Å². The zero-order valence-corrected chi connectivity index (χ0v) is 13.2. The molecule has 0 bridgehead atoms. The fourth-order valence-electron chi connectivity index (χ4n) is 3.27. The molecule has 1 aromatic heterocycles. The van der Waals surface area contributed by atoms with Gasteiger partial charge >= 0.3 is 5.97 Å². The molecule has 1 aromatic carbocycles. The predicted molar refractivity (Wildman–Crippen MR) is 89.7 cm³/mol. The Morgan fingerprint density at radius 3 is 2.50 bits per heavy atom. The van der Waals surface area contributed by atoms with Gasteiger partial charge in [0.15, 0.2) is 0 Å². The van der Waals surface area contributed by atoms with Gasteiger partial charge in [0.1, 0.15) is 0 Å². The van der Waals surface area contributed by atoms with E-state index < -0.39 is 5.97 Å². The van der Waals surface area contributed by atoms with Crippen molar-refractivity contribution in [1.82, 2.24) is 4.98 Å². The summed E-state index contributed by atoms with van der Waals surface area (Å²) in [5.74, 6) is -0.393. The van der Waals surface area contributed by atoms with Crippen LogP contribution in [0.5, 0.6) is 0 Å². The van der Waals surface area contributed by atoms with Gasteiger partial charge in [-0.15, -0.1) is 12.4 Å². The summed E-state index contributed by atoms with van der Waals surface area (Å²) in [7, 11) is 0. The van der Waals surface area contributed by atoms with Crippen molar-refractivity contribution in [3.63, 3.8) is 0 Å². The first-order valence-corrected chi connectivity index (χ1v) is 7.55. The molecule has 1 saturated carbocycles. The summed E-state index contributed by atoms with van der Waals surface area (Å²) in [5.41, 5.74) is 3.09. The Balaban J connectivity index is 0.00000176. The summed E-state index contributed by atoms with van der Waals surface area (Å²) in [5, 5.41) is 9.39. The first-order valence-electron chi connectivity index (χ1n) is 7.55. The third-order valence-electron chi connectivity index (χ3n) is 4.30. The smallest absolute Gasteiger partial charge is 0.337 e. The van der Waals surface area contributed by atoms with Crippen LogP contribution >= 0.6 is 12.4 Å². The zero-order valence-electron chi connectivity index (χ0n) is 12.4. The third kappa shape index (κ3) is 3.30. The first-order chi connectivity index (χ1) is 10.3. The van der Waals surface area contributed by atoms with E-state index in [0.29, 0.717) is 11.6 Å². The van der Waals surface area contributed by atoms with Crippen LogP contribution < -0.4 is 0 Å². The Labute approximate surface area is 136 Å². The number of carboxylic acids is 1. The highest BCUT2D eigenvalue weighted by molar-refractivity contribution is 5.95. The number of hydrogen-bond acceptors (Lipinski definition) is 2. The van der Waals surface area contributed by atoms with Gasteiger partial charge in [0, 0.05) is 11.8 Å².